The molecule has 2 aromatic heterocycles. The van der Waals surface area contributed by atoms with Gasteiger partial charge in [-0.05, 0) is 25.1 Å². The second-order valence-corrected chi connectivity index (χ2v) is 5.71. The third-order valence-corrected chi connectivity index (χ3v) is 3.91. The third-order valence-electron chi connectivity index (χ3n) is 2.49. The first-order valence-electron chi connectivity index (χ1n) is 5.62. The van der Waals surface area contributed by atoms with Crippen LogP contribution in [0, 0.1) is 0 Å². The summed E-state index contributed by atoms with van der Waals surface area (Å²) in [5.74, 6) is -0.243. The van der Waals surface area contributed by atoms with E-state index in [-0.39, 0.29) is 18.5 Å². The molecule has 0 radical (unpaired) electrons. The Morgan fingerprint density at radius 3 is 3.00 bits per heavy atom. The van der Waals surface area contributed by atoms with E-state index in [0.29, 0.717) is 4.34 Å². The summed E-state index contributed by atoms with van der Waals surface area (Å²) < 4.78 is 1.93. The first kappa shape index (κ1) is 13.8. The Morgan fingerprint density at radius 2 is 2.37 bits per heavy atom. The SMILES string of the molecule is CC(NC(=O)Cn1cccnc1=O)c1ccc(Cl)s1. The molecule has 0 aromatic carbocycles. The van der Waals surface area contributed by atoms with E-state index in [4.69, 9.17) is 11.6 Å². The van der Waals surface area contributed by atoms with Crippen molar-refractivity contribution >= 4 is 28.8 Å². The van der Waals surface area contributed by atoms with Gasteiger partial charge in [-0.2, -0.15) is 0 Å². The molecule has 2 aromatic rings. The molecule has 0 aliphatic carbocycles. The van der Waals surface area contributed by atoms with Crippen LogP contribution in [0.2, 0.25) is 4.34 Å². The monoisotopic (exact) mass is 297 g/mol. The first-order valence-corrected chi connectivity index (χ1v) is 6.82. The van der Waals surface area contributed by atoms with Crippen LogP contribution in [-0.2, 0) is 11.3 Å². The zero-order valence-corrected chi connectivity index (χ0v) is 11.7. The minimum absolute atomic E-state index is 0.0455. The van der Waals surface area contributed by atoms with Crippen molar-refractivity contribution < 1.29 is 4.79 Å². The number of nitrogens with one attached hydrogen (secondary N) is 1. The minimum Gasteiger partial charge on any atom is -0.347 e. The van der Waals surface area contributed by atoms with E-state index in [0.717, 1.165) is 4.88 Å². The molecule has 5 nitrogen and oxygen atoms in total. The summed E-state index contributed by atoms with van der Waals surface area (Å²) >= 11 is 7.26. The van der Waals surface area contributed by atoms with Crippen molar-refractivity contribution in [2.45, 2.75) is 19.5 Å². The lowest BCUT2D eigenvalue weighted by Crippen LogP contribution is -2.34. The van der Waals surface area contributed by atoms with Crippen LogP contribution < -0.4 is 11.0 Å². The number of hydrogen-bond donors (Lipinski definition) is 1. The fourth-order valence-corrected chi connectivity index (χ4v) is 2.64. The highest BCUT2D eigenvalue weighted by Crippen LogP contribution is 2.26. The Kier molecular flexibility index (Phi) is 4.34. The van der Waals surface area contributed by atoms with Gasteiger partial charge >= 0.3 is 5.69 Å². The maximum atomic E-state index is 11.8. The number of amides is 1. The molecule has 1 amide bonds. The average molecular weight is 298 g/mol. The van der Waals surface area contributed by atoms with Gasteiger partial charge < -0.3 is 5.32 Å². The van der Waals surface area contributed by atoms with E-state index in [2.05, 4.69) is 10.3 Å². The van der Waals surface area contributed by atoms with Crippen molar-refractivity contribution in [3.63, 3.8) is 0 Å². The highest BCUT2D eigenvalue weighted by Gasteiger charge is 2.12. The Bertz CT molecular complexity index is 638. The van der Waals surface area contributed by atoms with Gasteiger partial charge in [0.25, 0.3) is 0 Å². The fourth-order valence-electron chi connectivity index (χ4n) is 1.58. The van der Waals surface area contributed by atoms with Crippen molar-refractivity contribution in [1.29, 1.82) is 0 Å². The molecule has 0 saturated heterocycles. The van der Waals surface area contributed by atoms with E-state index in [9.17, 15) is 9.59 Å². The lowest BCUT2D eigenvalue weighted by Gasteiger charge is -2.12. The smallest absolute Gasteiger partial charge is 0.347 e. The van der Waals surface area contributed by atoms with E-state index < -0.39 is 5.69 Å². The van der Waals surface area contributed by atoms with Crippen molar-refractivity contribution in [1.82, 2.24) is 14.9 Å². The molecule has 2 heterocycles. The predicted octanol–water partition coefficient (Wildman–Crippen LogP) is 1.84. The number of halogens is 1. The van der Waals surface area contributed by atoms with Crippen molar-refractivity contribution in [2.75, 3.05) is 0 Å². The second kappa shape index (κ2) is 5.99. The first-order chi connectivity index (χ1) is 9.06. The molecule has 100 valence electrons. The molecule has 0 aliphatic heterocycles. The summed E-state index contributed by atoms with van der Waals surface area (Å²) in [4.78, 5) is 27.8. The number of rotatable bonds is 4. The summed E-state index contributed by atoms with van der Waals surface area (Å²) in [6.07, 6.45) is 2.93. The van der Waals surface area contributed by atoms with Gasteiger partial charge in [0, 0.05) is 17.3 Å². The largest absolute Gasteiger partial charge is 0.347 e. The quantitative estimate of drug-likeness (QED) is 0.936. The van der Waals surface area contributed by atoms with Crippen LogP contribution in [0.25, 0.3) is 0 Å². The highest BCUT2D eigenvalue weighted by atomic mass is 35.5. The third kappa shape index (κ3) is 3.65. The lowest BCUT2D eigenvalue weighted by atomic mass is 10.3. The maximum absolute atomic E-state index is 11.8. The van der Waals surface area contributed by atoms with Crippen molar-refractivity contribution in [3.8, 4) is 0 Å². The molecule has 7 heteroatoms. The Hall–Kier alpha value is -1.66. The van der Waals surface area contributed by atoms with Gasteiger partial charge in [-0.25, -0.2) is 9.78 Å². The summed E-state index contributed by atoms with van der Waals surface area (Å²) in [6, 6.07) is 5.12. The molecule has 0 spiro atoms. The molecule has 0 fully saturated rings. The minimum atomic E-state index is -0.440. The number of nitrogens with zero attached hydrogens (tertiary/aromatic N) is 2. The molecule has 1 N–H and O–H groups in total. The van der Waals surface area contributed by atoms with Crippen molar-refractivity contribution in [2.24, 2.45) is 0 Å². The molecule has 1 unspecified atom stereocenters. The predicted molar refractivity (Wildman–Crippen MR) is 74.4 cm³/mol. The van der Waals surface area contributed by atoms with Crippen LogP contribution in [0.5, 0.6) is 0 Å². The van der Waals surface area contributed by atoms with Gasteiger partial charge in [-0.15, -0.1) is 11.3 Å². The van der Waals surface area contributed by atoms with Gasteiger partial charge in [0.05, 0.1) is 10.4 Å². The van der Waals surface area contributed by atoms with Crippen LogP contribution >= 0.6 is 22.9 Å². The Balaban J connectivity index is 1.98. The molecule has 1 atom stereocenters. The van der Waals surface area contributed by atoms with Gasteiger partial charge in [-0.3, -0.25) is 9.36 Å². The summed E-state index contributed by atoms with van der Waals surface area (Å²) in [5, 5.41) is 2.81. The number of aromatic nitrogens is 2. The van der Waals surface area contributed by atoms with Gasteiger partial charge in [0.15, 0.2) is 0 Å². The number of hydrogen-bond acceptors (Lipinski definition) is 4. The maximum Gasteiger partial charge on any atom is 0.347 e. The van der Waals surface area contributed by atoms with Gasteiger partial charge in [0.2, 0.25) is 5.91 Å². The molecule has 0 saturated carbocycles. The number of carbonyl (C=O) groups is 1. The normalized spacial score (nSPS) is 12.1. The van der Waals surface area contributed by atoms with Crippen molar-refractivity contribution in [3.05, 3.63) is 50.3 Å². The zero-order chi connectivity index (χ0) is 13.8. The van der Waals surface area contributed by atoms with E-state index in [1.54, 1.807) is 12.1 Å². The van der Waals surface area contributed by atoms with Gasteiger partial charge in [0.1, 0.15) is 6.54 Å². The standard InChI is InChI=1S/C12H12ClN3O2S/c1-8(9-3-4-10(13)19-9)15-11(17)7-16-6-2-5-14-12(16)18/h2-6,8H,7H2,1H3,(H,15,17). The van der Waals surface area contributed by atoms with E-state index in [1.165, 1.54) is 28.3 Å². The summed E-state index contributed by atoms with van der Waals surface area (Å²) in [7, 11) is 0. The van der Waals surface area contributed by atoms with Crippen LogP contribution in [0.15, 0.2) is 35.4 Å². The van der Waals surface area contributed by atoms with E-state index >= 15 is 0 Å². The molecular weight excluding hydrogens is 286 g/mol. The fraction of sp³-hybridized carbons (Fsp3) is 0.250. The highest BCUT2D eigenvalue weighted by molar-refractivity contribution is 7.16. The molecule has 0 aliphatic rings. The summed E-state index contributed by atoms with van der Waals surface area (Å²) in [6.45, 7) is 1.82. The Labute approximate surface area is 118 Å². The lowest BCUT2D eigenvalue weighted by molar-refractivity contribution is -0.122. The van der Waals surface area contributed by atoms with Crippen LogP contribution in [0.1, 0.15) is 17.8 Å². The zero-order valence-electron chi connectivity index (χ0n) is 10.2. The van der Waals surface area contributed by atoms with Crippen LogP contribution in [-0.4, -0.2) is 15.5 Å². The molecule has 19 heavy (non-hydrogen) atoms. The molecular formula is C12H12ClN3O2S. The summed E-state index contributed by atoms with van der Waals surface area (Å²) in [5.41, 5.74) is -0.440. The van der Waals surface area contributed by atoms with Crippen LogP contribution in [0.3, 0.4) is 0 Å². The Morgan fingerprint density at radius 1 is 1.58 bits per heavy atom. The van der Waals surface area contributed by atoms with E-state index in [1.807, 2.05) is 13.0 Å². The topological polar surface area (TPSA) is 64.0 Å². The number of carbonyl (C=O) groups excluding carboxylic acids is 1. The molecule has 2 rings (SSSR count). The van der Waals surface area contributed by atoms with Gasteiger partial charge in [-0.1, -0.05) is 11.6 Å². The second-order valence-electron chi connectivity index (χ2n) is 3.96. The van der Waals surface area contributed by atoms with Crippen LogP contribution in [0.4, 0.5) is 0 Å². The average Bonchev–Trinajstić information content (AvgIpc) is 2.79. The number of thiophene rings is 1. The molecule has 0 bridgehead atoms.